The summed E-state index contributed by atoms with van der Waals surface area (Å²) in [7, 11) is 2.21. The fraction of sp³-hybridized carbons (Fsp3) is 0.355. The number of hydrogen-bond acceptors (Lipinski definition) is 8. The molecule has 1 saturated heterocycles. The molecule has 1 saturated carbocycles. The van der Waals surface area contributed by atoms with Crippen molar-refractivity contribution in [2.75, 3.05) is 44.3 Å². The molecule has 210 valence electrons. The fourth-order valence-corrected chi connectivity index (χ4v) is 6.42. The zero-order chi connectivity index (χ0) is 27.9. The molecule has 4 heterocycles. The number of aromatic nitrogens is 5. The molecule has 0 amide bonds. The lowest BCUT2D eigenvalue weighted by Crippen LogP contribution is -2.49. The number of anilines is 3. The highest BCUT2D eigenvalue weighted by molar-refractivity contribution is 6.00. The first-order valence-electron chi connectivity index (χ1n) is 14.4. The van der Waals surface area contributed by atoms with E-state index in [0.29, 0.717) is 34.8 Å². The first kappa shape index (κ1) is 25.8. The fourth-order valence-electron chi connectivity index (χ4n) is 6.42. The van der Waals surface area contributed by atoms with Gasteiger partial charge < -0.3 is 20.5 Å². The van der Waals surface area contributed by atoms with E-state index in [9.17, 15) is 4.39 Å². The lowest BCUT2D eigenvalue weighted by Gasteiger charge is -2.41. The van der Waals surface area contributed by atoms with Crippen molar-refractivity contribution in [1.29, 1.82) is 0 Å². The molecule has 1 aliphatic carbocycles. The third kappa shape index (κ3) is 5.09. The number of hydrogen-bond donors (Lipinski definition) is 2. The summed E-state index contributed by atoms with van der Waals surface area (Å²) in [5.74, 6) is 0.652. The summed E-state index contributed by atoms with van der Waals surface area (Å²) in [6.45, 7) is 4.66. The minimum Gasteiger partial charge on any atom is -0.383 e. The Morgan fingerprint density at radius 3 is 2.44 bits per heavy atom. The van der Waals surface area contributed by atoms with E-state index in [1.807, 2.05) is 12.1 Å². The summed E-state index contributed by atoms with van der Waals surface area (Å²) < 4.78 is 15.8. The van der Waals surface area contributed by atoms with Crippen LogP contribution < -0.4 is 11.1 Å². The van der Waals surface area contributed by atoms with Gasteiger partial charge in [0, 0.05) is 67.3 Å². The Morgan fingerprint density at radius 1 is 0.902 bits per heavy atom. The van der Waals surface area contributed by atoms with Gasteiger partial charge in [-0.05, 0) is 68.6 Å². The lowest BCUT2D eigenvalue weighted by molar-refractivity contribution is 0.0828. The maximum absolute atomic E-state index is 13.5. The molecule has 10 heteroatoms. The number of nitrogens with one attached hydrogen (secondary N) is 1. The van der Waals surface area contributed by atoms with E-state index in [2.05, 4.69) is 65.0 Å². The van der Waals surface area contributed by atoms with Gasteiger partial charge in [-0.1, -0.05) is 12.1 Å². The van der Waals surface area contributed by atoms with E-state index in [0.717, 1.165) is 53.8 Å². The van der Waals surface area contributed by atoms with Gasteiger partial charge in [-0.15, -0.1) is 0 Å². The van der Waals surface area contributed by atoms with Gasteiger partial charge in [0.1, 0.15) is 23.6 Å². The topological polar surface area (TPSA) is 101 Å². The number of nitrogens with zero attached hydrogens (tertiary/aromatic N) is 7. The van der Waals surface area contributed by atoms with E-state index >= 15 is 0 Å². The van der Waals surface area contributed by atoms with Crippen LogP contribution in [-0.2, 0) is 0 Å². The second kappa shape index (κ2) is 10.7. The monoisotopic (exact) mass is 551 g/mol. The lowest BCUT2D eigenvalue weighted by atomic mass is 9.89. The van der Waals surface area contributed by atoms with Crippen molar-refractivity contribution < 1.29 is 4.39 Å². The average molecular weight is 552 g/mol. The Morgan fingerprint density at radius 2 is 1.66 bits per heavy atom. The smallest absolute Gasteiger partial charge is 0.227 e. The second-order valence-corrected chi connectivity index (χ2v) is 11.3. The molecule has 9 nitrogen and oxygen atoms in total. The molecule has 0 spiro atoms. The number of likely N-dealkylation sites (N-methyl/N-ethyl adjacent to an activating group) is 1. The molecule has 3 aromatic heterocycles. The number of halogens is 1. The van der Waals surface area contributed by atoms with E-state index in [4.69, 9.17) is 5.73 Å². The summed E-state index contributed by atoms with van der Waals surface area (Å²) in [5, 5.41) is 4.82. The van der Waals surface area contributed by atoms with Crippen molar-refractivity contribution in [1.82, 2.24) is 34.3 Å². The normalized spacial score (nSPS) is 20.5. The maximum atomic E-state index is 13.5. The molecule has 7 rings (SSSR count). The summed E-state index contributed by atoms with van der Waals surface area (Å²) in [6, 6.07) is 13.7. The second-order valence-electron chi connectivity index (χ2n) is 11.3. The number of nitrogen functional groups attached to an aromatic ring is 1. The Kier molecular flexibility index (Phi) is 6.72. The molecule has 41 heavy (non-hydrogen) atoms. The summed E-state index contributed by atoms with van der Waals surface area (Å²) in [6.07, 6.45) is 10.1. The van der Waals surface area contributed by atoms with Crippen LogP contribution >= 0.6 is 0 Å². The largest absolute Gasteiger partial charge is 0.383 e. The quantitative estimate of drug-likeness (QED) is 0.306. The molecular weight excluding hydrogens is 517 g/mol. The third-order valence-electron chi connectivity index (χ3n) is 8.75. The van der Waals surface area contributed by atoms with Gasteiger partial charge in [-0.2, -0.15) is 0 Å². The van der Waals surface area contributed by atoms with Crippen LogP contribution in [0.3, 0.4) is 0 Å². The predicted octanol–water partition coefficient (Wildman–Crippen LogP) is 5.24. The van der Waals surface area contributed by atoms with E-state index in [1.165, 1.54) is 38.1 Å². The van der Waals surface area contributed by atoms with E-state index in [-0.39, 0.29) is 5.82 Å². The Hall–Kier alpha value is -4.15. The van der Waals surface area contributed by atoms with Crippen molar-refractivity contribution in [3.05, 3.63) is 67.0 Å². The van der Waals surface area contributed by atoms with Gasteiger partial charge in [-0.25, -0.2) is 24.3 Å². The highest BCUT2D eigenvalue weighted by Crippen LogP contribution is 2.39. The number of piperazine rings is 1. The molecule has 1 aliphatic heterocycles. The van der Waals surface area contributed by atoms with Crippen LogP contribution in [0, 0.1) is 5.82 Å². The van der Waals surface area contributed by atoms with Crippen molar-refractivity contribution in [2.24, 2.45) is 0 Å². The summed E-state index contributed by atoms with van der Waals surface area (Å²) in [5.41, 5.74) is 10.9. The first-order chi connectivity index (χ1) is 20.0. The molecule has 0 atom stereocenters. The molecule has 5 aromatic rings. The van der Waals surface area contributed by atoms with Crippen LogP contribution in [0.15, 0.2) is 61.2 Å². The minimum absolute atomic E-state index is 0.303. The highest BCUT2D eigenvalue weighted by atomic mass is 19.1. The van der Waals surface area contributed by atoms with Gasteiger partial charge >= 0.3 is 0 Å². The number of fused-ring (bicyclic) bond motifs is 2. The van der Waals surface area contributed by atoms with Gasteiger partial charge in [0.2, 0.25) is 5.95 Å². The van der Waals surface area contributed by atoms with Gasteiger partial charge in [-0.3, -0.25) is 4.90 Å². The zero-order valence-electron chi connectivity index (χ0n) is 23.2. The van der Waals surface area contributed by atoms with Crippen LogP contribution in [0.25, 0.3) is 33.1 Å². The van der Waals surface area contributed by atoms with Gasteiger partial charge in [0.05, 0.1) is 10.9 Å². The maximum Gasteiger partial charge on any atom is 0.227 e. The number of rotatable bonds is 5. The first-order valence-corrected chi connectivity index (χ1v) is 14.4. The van der Waals surface area contributed by atoms with Gasteiger partial charge in [0.25, 0.3) is 0 Å². The minimum atomic E-state index is -0.303. The Balaban J connectivity index is 1.11. The van der Waals surface area contributed by atoms with Crippen molar-refractivity contribution in [3.8, 4) is 11.1 Å². The number of benzene rings is 2. The Labute approximate surface area is 238 Å². The molecule has 2 aliphatic rings. The number of nitrogens with two attached hydrogens (primary N) is 1. The molecule has 0 radical (unpaired) electrons. The standard InChI is InChI=1S/C31H34FN9/c1-39-12-14-40(15-13-39)24-7-9-25(10-8-24)41-18-26(28-29(33)35-19-36-30(28)41)20-2-5-23(6-3-20)37-31-34-17-21-16-22(32)4-11-27(21)38-31/h2-6,11,16-19,24-25H,7-10,12-15H2,1H3,(H2,33,35,36)(H,34,37,38). The van der Waals surface area contributed by atoms with Crippen LogP contribution in [0.2, 0.25) is 0 Å². The Bertz CT molecular complexity index is 1680. The molecule has 0 bridgehead atoms. The van der Waals surface area contributed by atoms with Crippen LogP contribution in [0.4, 0.5) is 21.8 Å². The van der Waals surface area contributed by atoms with Crippen molar-refractivity contribution in [3.63, 3.8) is 0 Å². The molecule has 0 unspecified atom stereocenters. The van der Waals surface area contributed by atoms with Crippen LogP contribution in [0.5, 0.6) is 0 Å². The van der Waals surface area contributed by atoms with Crippen molar-refractivity contribution >= 4 is 39.4 Å². The molecular formula is C31H34FN9. The average Bonchev–Trinajstić information content (AvgIpc) is 3.39. The van der Waals surface area contributed by atoms with Gasteiger partial charge in [0.15, 0.2) is 0 Å². The molecule has 3 N–H and O–H groups in total. The zero-order valence-corrected chi connectivity index (χ0v) is 23.2. The highest BCUT2D eigenvalue weighted by Gasteiger charge is 2.30. The summed E-state index contributed by atoms with van der Waals surface area (Å²) in [4.78, 5) is 23.0. The third-order valence-corrected chi connectivity index (χ3v) is 8.75. The summed E-state index contributed by atoms with van der Waals surface area (Å²) >= 11 is 0. The molecule has 2 fully saturated rings. The van der Waals surface area contributed by atoms with E-state index < -0.39 is 0 Å². The van der Waals surface area contributed by atoms with Crippen molar-refractivity contribution in [2.45, 2.75) is 37.8 Å². The predicted molar refractivity (Wildman–Crippen MR) is 161 cm³/mol. The van der Waals surface area contributed by atoms with E-state index in [1.54, 1.807) is 18.6 Å². The molecule has 2 aromatic carbocycles. The van der Waals surface area contributed by atoms with Crippen LogP contribution in [0.1, 0.15) is 31.7 Å². The SMILES string of the molecule is CN1CCN(C2CCC(n3cc(-c4ccc(Nc5ncc6cc(F)ccc6n5)cc4)c4c(N)ncnc43)CC2)CC1. The van der Waals surface area contributed by atoms with Crippen LogP contribution in [-0.4, -0.2) is 73.6 Å².